The number of carbonyl (C=O) groups is 1. The summed E-state index contributed by atoms with van der Waals surface area (Å²) in [6, 6.07) is 0. The van der Waals surface area contributed by atoms with Gasteiger partial charge in [-0.1, -0.05) is 50.9 Å². The van der Waals surface area contributed by atoms with Crippen LogP contribution in [0, 0.1) is 11.8 Å². The number of allylic oxidation sites excluding steroid dienone is 2. The van der Waals surface area contributed by atoms with Crippen molar-refractivity contribution in [1.29, 1.82) is 0 Å². The van der Waals surface area contributed by atoms with Crippen LogP contribution in [0.15, 0.2) is 12.2 Å². The van der Waals surface area contributed by atoms with Gasteiger partial charge in [0.15, 0.2) is 5.78 Å². The van der Waals surface area contributed by atoms with Crippen LogP contribution in [0.1, 0.15) is 58.8 Å². The summed E-state index contributed by atoms with van der Waals surface area (Å²) in [4.78, 5) is 10.5. The highest BCUT2D eigenvalue weighted by molar-refractivity contribution is 5.87. The summed E-state index contributed by atoms with van der Waals surface area (Å²) in [6.45, 7) is 3.76. The molecule has 0 aromatic carbocycles. The second kappa shape index (κ2) is 11.0. The minimum Gasteiger partial charge on any atom is -0.295 e. The molecule has 0 aliphatic rings. The van der Waals surface area contributed by atoms with Crippen LogP contribution >= 0.6 is 0 Å². The van der Waals surface area contributed by atoms with Crippen molar-refractivity contribution in [2.45, 2.75) is 58.8 Å². The van der Waals surface area contributed by atoms with Crippen LogP contribution in [0.5, 0.6) is 0 Å². The Morgan fingerprint density at radius 2 is 1.80 bits per heavy atom. The van der Waals surface area contributed by atoms with Gasteiger partial charge in [-0.2, -0.15) is 0 Å². The van der Waals surface area contributed by atoms with Gasteiger partial charge in [-0.3, -0.25) is 4.79 Å². The summed E-state index contributed by atoms with van der Waals surface area (Å²) in [5, 5.41) is 0. The van der Waals surface area contributed by atoms with E-state index in [9.17, 15) is 4.79 Å². The first kappa shape index (κ1) is 14.0. The van der Waals surface area contributed by atoms with Crippen molar-refractivity contribution >= 4 is 5.78 Å². The number of hydrogen-bond acceptors (Lipinski definition) is 1. The Labute approximate surface area is 94.0 Å². The average molecular weight is 206 g/mol. The van der Waals surface area contributed by atoms with E-state index < -0.39 is 0 Å². The molecule has 0 heterocycles. The maximum absolute atomic E-state index is 10.5. The van der Waals surface area contributed by atoms with Gasteiger partial charge in [0.2, 0.25) is 0 Å². The molecule has 0 aliphatic heterocycles. The lowest BCUT2D eigenvalue weighted by molar-refractivity contribution is -0.112. The molecular formula is C14H22O. The normalized spacial score (nSPS) is 10.0. The Kier molecular flexibility index (Phi) is 10.3. The van der Waals surface area contributed by atoms with E-state index >= 15 is 0 Å². The molecule has 0 bridgehead atoms. The highest BCUT2D eigenvalue weighted by atomic mass is 16.1. The van der Waals surface area contributed by atoms with Crippen LogP contribution in [0.3, 0.4) is 0 Å². The SMILES string of the molecule is CCCCCCCCC#C/C=C/C(C)=O. The largest absolute Gasteiger partial charge is 0.295 e. The van der Waals surface area contributed by atoms with E-state index in [1.165, 1.54) is 51.5 Å². The lowest BCUT2D eigenvalue weighted by atomic mass is 10.1. The zero-order valence-corrected chi connectivity index (χ0v) is 10.0. The summed E-state index contributed by atoms with van der Waals surface area (Å²) >= 11 is 0. The molecule has 0 radical (unpaired) electrons. The molecule has 0 spiro atoms. The first-order chi connectivity index (χ1) is 7.27. The van der Waals surface area contributed by atoms with Crippen LogP contribution in [0.4, 0.5) is 0 Å². The lowest BCUT2D eigenvalue weighted by Gasteiger charge is -1.96. The fourth-order valence-corrected chi connectivity index (χ4v) is 1.28. The fraction of sp³-hybridized carbons (Fsp3) is 0.643. The molecule has 84 valence electrons. The Morgan fingerprint density at radius 3 is 2.47 bits per heavy atom. The number of unbranched alkanes of at least 4 members (excludes halogenated alkanes) is 6. The predicted molar refractivity (Wildman–Crippen MR) is 65.6 cm³/mol. The second-order valence-electron chi connectivity index (χ2n) is 3.78. The molecule has 0 unspecified atom stereocenters. The topological polar surface area (TPSA) is 17.1 Å². The fourth-order valence-electron chi connectivity index (χ4n) is 1.28. The molecule has 15 heavy (non-hydrogen) atoms. The third-order valence-electron chi connectivity index (χ3n) is 2.16. The van der Waals surface area contributed by atoms with Gasteiger partial charge in [0.05, 0.1) is 0 Å². The van der Waals surface area contributed by atoms with E-state index in [1.54, 1.807) is 6.08 Å². The van der Waals surface area contributed by atoms with Crippen LogP contribution < -0.4 is 0 Å². The van der Waals surface area contributed by atoms with Crippen molar-refractivity contribution in [1.82, 2.24) is 0 Å². The number of ketones is 1. The molecule has 0 amide bonds. The molecule has 1 heteroatoms. The standard InChI is InChI=1S/C14H22O/c1-3-4-5-6-7-8-9-10-11-12-13-14(2)15/h12-13H,3-9H2,1-2H3/b13-12+. The Balaban J connectivity index is 3.26. The zero-order chi connectivity index (χ0) is 11.4. The summed E-state index contributed by atoms with van der Waals surface area (Å²) in [5.74, 6) is 5.97. The molecule has 0 aromatic heterocycles. The molecule has 0 aromatic rings. The molecule has 0 saturated heterocycles. The summed E-state index contributed by atoms with van der Waals surface area (Å²) in [6.07, 6.45) is 11.9. The first-order valence-electron chi connectivity index (χ1n) is 5.93. The zero-order valence-electron chi connectivity index (χ0n) is 10.0. The Bertz CT molecular complexity index is 240. The van der Waals surface area contributed by atoms with Crippen LogP contribution in [-0.2, 0) is 4.79 Å². The van der Waals surface area contributed by atoms with Gasteiger partial charge in [-0.25, -0.2) is 0 Å². The Hall–Kier alpha value is -1.03. The minimum atomic E-state index is 0.0591. The maximum Gasteiger partial charge on any atom is 0.153 e. The van der Waals surface area contributed by atoms with Gasteiger partial charge < -0.3 is 0 Å². The van der Waals surface area contributed by atoms with Crippen molar-refractivity contribution in [3.05, 3.63) is 12.2 Å². The highest BCUT2D eigenvalue weighted by Crippen LogP contribution is 2.05. The second-order valence-corrected chi connectivity index (χ2v) is 3.78. The first-order valence-corrected chi connectivity index (χ1v) is 5.93. The number of hydrogen-bond donors (Lipinski definition) is 0. The lowest BCUT2D eigenvalue weighted by Crippen LogP contribution is -1.78. The third-order valence-corrected chi connectivity index (χ3v) is 2.16. The molecule has 0 N–H and O–H groups in total. The van der Waals surface area contributed by atoms with Crippen molar-refractivity contribution in [2.24, 2.45) is 0 Å². The Morgan fingerprint density at radius 1 is 1.13 bits per heavy atom. The number of carbonyl (C=O) groups excluding carboxylic acids is 1. The molecule has 0 rings (SSSR count). The van der Waals surface area contributed by atoms with Gasteiger partial charge in [0, 0.05) is 6.42 Å². The molecule has 0 fully saturated rings. The summed E-state index contributed by atoms with van der Waals surface area (Å²) in [7, 11) is 0. The van der Waals surface area contributed by atoms with Crippen molar-refractivity contribution in [3.63, 3.8) is 0 Å². The maximum atomic E-state index is 10.5. The van der Waals surface area contributed by atoms with Gasteiger partial charge in [-0.15, -0.1) is 0 Å². The molecule has 0 atom stereocenters. The molecule has 0 saturated carbocycles. The van der Waals surface area contributed by atoms with Crippen molar-refractivity contribution in [2.75, 3.05) is 0 Å². The minimum absolute atomic E-state index is 0.0591. The van der Waals surface area contributed by atoms with Crippen LogP contribution in [0.2, 0.25) is 0 Å². The molecular weight excluding hydrogens is 184 g/mol. The van der Waals surface area contributed by atoms with Crippen molar-refractivity contribution < 1.29 is 4.79 Å². The van der Waals surface area contributed by atoms with E-state index in [0.29, 0.717) is 0 Å². The van der Waals surface area contributed by atoms with E-state index in [0.717, 1.165) is 6.42 Å². The van der Waals surface area contributed by atoms with E-state index in [1.807, 2.05) is 0 Å². The van der Waals surface area contributed by atoms with Gasteiger partial charge >= 0.3 is 0 Å². The van der Waals surface area contributed by atoms with Crippen LogP contribution in [-0.4, -0.2) is 5.78 Å². The number of rotatable bonds is 7. The average Bonchev–Trinajstić information content (AvgIpc) is 2.20. The monoisotopic (exact) mass is 206 g/mol. The smallest absolute Gasteiger partial charge is 0.153 e. The quantitative estimate of drug-likeness (QED) is 0.351. The van der Waals surface area contributed by atoms with Gasteiger partial charge in [0.1, 0.15) is 0 Å². The van der Waals surface area contributed by atoms with Gasteiger partial charge in [-0.05, 0) is 25.5 Å². The molecule has 0 aliphatic carbocycles. The predicted octanol–water partition coefficient (Wildman–Crippen LogP) is 3.89. The van der Waals surface area contributed by atoms with Crippen LogP contribution in [0.25, 0.3) is 0 Å². The summed E-state index contributed by atoms with van der Waals surface area (Å²) < 4.78 is 0. The van der Waals surface area contributed by atoms with E-state index in [2.05, 4.69) is 18.8 Å². The van der Waals surface area contributed by atoms with Gasteiger partial charge in [0.25, 0.3) is 0 Å². The highest BCUT2D eigenvalue weighted by Gasteiger charge is 1.87. The van der Waals surface area contributed by atoms with E-state index in [-0.39, 0.29) is 5.78 Å². The third kappa shape index (κ3) is 13.0. The van der Waals surface area contributed by atoms with Crippen molar-refractivity contribution in [3.8, 4) is 11.8 Å². The van der Waals surface area contributed by atoms with E-state index in [4.69, 9.17) is 0 Å². The molecule has 1 nitrogen and oxygen atoms in total. The summed E-state index contributed by atoms with van der Waals surface area (Å²) in [5.41, 5.74) is 0.